The van der Waals surface area contributed by atoms with Crippen LogP contribution in [0.1, 0.15) is 5.56 Å². The highest BCUT2D eigenvalue weighted by molar-refractivity contribution is 9.10. The summed E-state index contributed by atoms with van der Waals surface area (Å²) in [6, 6.07) is 13.7. The van der Waals surface area contributed by atoms with E-state index in [4.69, 9.17) is 12.2 Å². The molecule has 0 saturated carbocycles. The summed E-state index contributed by atoms with van der Waals surface area (Å²) < 4.78 is 2.70. The van der Waals surface area contributed by atoms with E-state index in [1.807, 2.05) is 24.3 Å². The molecule has 0 amide bonds. The molecule has 0 aliphatic rings. The number of benzene rings is 2. The fourth-order valence-electron chi connectivity index (χ4n) is 2.06. The lowest BCUT2D eigenvalue weighted by molar-refractivity contribution is -0.384. The standard InChI is InChI=1S/C15H10BrN5O2S/c16-12-5-2-4-11(8-12)14-18-19-15(24)20(14)17-9-10-3-1-6-13(7-10)21(22)23/h1-9H,(H,19,24)/b17-9-. The van der Waals surface area contributed by atoms with Gasteiger partial charge in [-0.15, -0.1) is 0 Å². The molecule has 0 aliphatic heterocycles. The van der Waals surface area contributed by atoms with E-state index in [9.17, 15) is 10.1 Å². The number of nitro groups is 1. The first-order valence-electron chi connectivity index (χ1n) is 6.77. The van der Waals surface area contributed by atoms with Crippen LogP contribution in [0.5, 0.6) is 0 Å². The molecule has 24 heavy (non-hydrogen) atoms. The third-order valence-corrected chi connectivity index (χ3v) is 3.89. The van der Waals surface area contributed by atoms with E-state index in [1.54, 1.807) is 12.1 Å². The highest BCUT2D eigenvalue weighted by Crippen LogP contribution is 2.21. The van der Waals surface area contributed by atoms with Crippen LogP contribution in [0.4, 0.5) is 5.69 Å². The minimum Gasteiger partial charge on any atom is -0.258 e. The SMILES string of the molecule is O=[N+]([O-])c1cccc(/C=N\n2c(-c3cccc(Br)c3)n[nH]c2=S)c1. The number of halogens is 1. The maximum absolute atomic E-state index is 10.8. The smallest absolute Gasteiger partial charge is 0.258 e. The first-order valence-corrected chi connectivity index (χ1v) is 7.97. The lowest BCUT2D eigenvalue weighted by Crippen LogP contribution is -1.95. The van der Waals surface area contributed by atoms with Crippen LogP contribution >= 0.6 is 28.1 Å². The average Bonchev–Trinajstić information content (AvgIpc) is 2.94. The quantitative estimate of drug-likeness (QED) is 0.306. The van der Waals surface area contributed by atoms with Crippen LogP contribution < -0.4 is 0 Å². The second kappa shape index (κ2) is 6.85. The van der Waals surface area contributed by atoms with Gasteiger partial charge in [0.2, 0.25) is 4.77 Å². The monoisotopic (exact) mass is 403 g/mol. The fourth-order valence-corrected chi connectivity index (χ4v) is 2.63. The number of hydrogen-bond donors (Lipinski definition) is 1. The topological polar surface area (TPSA) is 89.1 Å². The molecule has 0 fully saturated rings. The lowest BCUT2D eigenvalue weighted by Gasteiger charge is -2.01. The average molecular weight is 404 g/mol. The summed E-state index contributed by atoms with van der Waals surface area (Å²) in [4.78, 5) is 10.4. The second-order valence-corrected chi connectivity index (χ2v) is 6.07. The molecule has 0 atom stereocenters. The molecule has 0 radical (unpaired) electrons. The third kappa shape index (κ3) is 3.47. The summed E-state index contributed by atoms with van der Waals surface area (Å²) in [5, 5.41) is 22.0. The number of rotatable bonds is 4. The number of nitrogens with zero attached hydrogens (tertiary/aromatic N) is 4. The highest BCUT2D eigenvalue weighted by atomic mass is 79.9. The van der Waals surface area contributed by atoms with Crippen molar-refractivity contribution in [3.8, 4) is 11.4 Å². The zero-order valence-electron chi connectivity index (χ0n) is 12.1. The van der Waals surface area contributed by atoms with Crippen LogP contribution in [-0.2, 0) is 0 Å². The number of nitrogens with one attached hydrogen (secondary N) is 1. The van der Waals surface area contributed by atoms with Crippen molar-refractivity contribution in [1.82, 2.24) is 14.9 Å². The van der Waals surface area contributed by atoms with Crippen LogP contribution in [0.25, 0.3) is 11.4 Å². The molecule has 1 aromatic heterocycles. The largest absolute Gasteiger partial charge is 0.270 e. The van der Waals surface area contributed by atoms with Gasteiger partial charge >= 0.3 is 0 Å². The minimum absolute atomic E-state index is 0.00181. The normalized spacial score (nSPS) is 11.0. The number of non-ortho nitro benzene ring substituents is 1. The van der Waals surface area contributed by atoms with E-state index in [1.165, 1.54) is 23.0 Å². The van der Waals surface area contributed by atoms with Crippen molar-refractivity contribution in [3.63, 3.8) is 0 Å². The van der Waals surface area contributed by atoms with Gasteiger partial charge < -0.3 is 0 Å². The summed E-state index contributed by atoms with van der Waals surface area (Å²) in [5.41, 5.74) is 1.42. The van der Waals surface area contributed by atoms with Gasteiger partial charge in [0.15, 0.2) is 5.82 Å². The molecular weight excluding hydrogens is 394 g/mol. The Labute approximate surface area is 149 Å². The maximum atomic E-state index is 10.8. The maximum Gasteiger partial charge on any atom is 0.270 e. The molecular formula is C15H10BrN5O2S. The zero-order chi connectivity index (χ0) is 17.1. The first kappa shape index (κ1) is 16.2. The molecule has 1 N–H and O–H groups in total. The van der Waals surface area contributed by atoms with Crippen molar-refractivity contribution in [2.45, 2.75) is 0 Å². The number of aromatic nitrogens is 3. The van der Waals surface area contributed by atoms with Crippen molar-refractivity contribution in [2.24, 2.45) is 5.10 Å². The van der Waals surface area contributed by atoms with Gasteiger partial charge in [0.1, 0.15) is 0 Å². The fraction of sp³-hybridized carbons (Fsp3) is 0. The Kier molecular flexibility index (Phi) is 4.63. The predicted molar refractivity (Wildman–Crippen MR) is 96.6 cm³/mol. The van der Waals surface area contributed by atoms with Crippen LogP contribution in [-0.4, -0.2) is 26.0 Å². The van der Waals surface area contributed by atoms with Gasteiger partial charge in [0, 0.05) is 27.7 Å². The van der Waals surface area contributed by atoms with Gasteiger partial charge in [0.25, 0.3) is 5.69 Å². The van der Waals surface area contributed by atoms with Crippen molar-refractivity contribution in [3.05, 3.63) is 73.5 Å². The molecule has 0 spiro atoms. The van der Waals surface area contributed by atoms with Crippen LogP contribution in [0.2, 0.25) is 0 Å². The van der Waals surface area contributed by atoms with Crippen molar-refractivity contribution in [2.75, 3.05) is 0 Å². The van der Waals surface area contributed by atoms with Crippen LogP contribution in [0, 0.1) is 14.9 Å². The summed E-state index contributed by atoms with van der Waals surface area (Å²) in [6.45, 7) is 0. The predicted octanol–water partition coefficient (Wildman–Crippen LogP) is 4.16. The van der Waals surface area contributed by atoms with Gasteiger partial charge in [-0.05, 0) is 24.4 Å². The van der Waals surface area contributed by atoms with Gasteiger partial charge in [-0.2, -0.15) is 14.9 Å². The molecule has 3 rings (SSSR count). The van der Waals surface area contributed by atoms with Crippen LogP contribution in [0.15, 0.2) is 58.1 Å². The molecule has 7 nitrogen and oxygen atoms in total. The Hall–Kier alpha value is -2.65. The molecule has 1 heterocycles. The van der Waals surface area contributed by atoms with E-state index in [0.717, 1.165) is 10.0 Å². The van der Waals surface area contributed by atoms with Gasteiger partial charge in [-0.1, -0.05) is 40.2 Å². The van der Waals surface area contributed by atoms with E-state index in [0.29, 0.717) is 16.2 Å². The van der Waals surface area contributed by atoms with Crippen molar-refractivity contribution in [1.29, 1.82) is 0 Å². The second-order valence-electron chi connectivity index (χ2n) is 4.77. The Morgan fingerprint density at radius 3 is 2.83 bits per heavy atom. The van der Waals surface area contributed by atoms with E-state index < -0.39 is 4.92 Å². The number of nitro benzene ring substituents is 1. The molecule has 0 unspecified atom stereocenters. The summed E-state index contributed by atoms with van der Waals surface area (Å²) in [6.07, 6.45) is 1.50. The summed E-state index contributed by atoms with van der Waals surface area (Å²) in [7, 11) is 0. The molecule has 0 aliphatic carbocycles. The minimum atomic E-state index is -0.451. The summed E-state index contributed by atoms with van der Waals surface area (Å²) >= 11 is 8.61. The molecule has 2 aromatic carbocycles. The van der Waals surface area contributed by atoms with Crippen LogP contribution in [0.3, 0.4) is 0 Å². The number of hydrogen-bond acceptors (Lipinski definition) is 5. The Balaban J connectivity index is 1.99. The molecule has 120 valence electrons. The molecule has 0 bridgehead atoms. The van der Waals surface area contributed by atoms with Gasteiger partial charge in [0.05, 0.1) is 11.1 Å². The van der Waals surface area contributed by atoms with Gasteiger partial charge in [-0.25, -0.2) is 5.10 Å². The van der Waals surface area contributed by atoms with E-state index >= 15 is 0 Å². The molecule has 0 saturated heterocycles. The Morgan fingerprint density at radius 2 is 2.08 bits per heavy atom. The zero-order valence-corrected chi connectivity index (χ0v) is 14.5. The Morgan fingerprint density at radius 1 is 1.29 bits per heavy atom. The number of aromatic amines is 1. The summed E-state index contributed by atoms with van der Waals surface area (Å²) in [5.74, 6) is 0.544. The van der Waals surface area contributed by atoms with Crippen molar-refractivity contribution >= 4 is 40.0 Å². The number of H-pyrrole nitrogens is 1. The van der Waals surface area contributed by atoms with Gasteiger partial charge in [-0.3, -0.25) is 10.1 Å². The van der Waals surface area contributed by atoms with Crippen molar-refractivity contribution < 1.29 is 4.92 Å². The first-order chi connectivity index (χ1) is 11.5. The van der Waals surface area contributed by atoms with E-state index in [-0.39, 0.29) is 5.69 Å². The molecule has 3 aromatic rings. The molecule has 9 heteroatoms. The highest BCUT2D eigenvalue weighted by Gasteiger charge is 2.09. The van der Waals surface area contributed by atoms with E-state index in [2.05, 4.69) is 31.2 Å². The Bertz CT molecular complexity index is 995. The third-order valence-electron chi connectivity index (χ3n) is 3.14. The lowest BCUT2D eigenvalue weighted by atomic mass is 10.2.